The Labute approximate surface area is 113 Å². The van der Waals surface area contributed by atoms with Crippen LogP contribution in [0.15, 0.2) is 0 Å². The monoisotopic (exact) mass is 523 g/mol. The van der Waals surface area contributed by atoms with Crippen LogP contribution in [0.25, 0.3) is 0 Å². The van der Waals surface area contributed by atoms with E-state index in [0.29, 0.717) is 0 Å². The van der Waals surface area contributed by atoms with Crippen molar-refractivity contribution in [3.8, 4) is 0 Å². The molecule has 0 rings (SSSR count). The minimum Gasteiger partial charge on any atom is -0.362 e. The van der Waals surface area contributed by atoms with Crippen molar-refractivity contribution in [2.75, 3.05) is 19.6 Å². The Balaban J connectivity index is -0.000000500. The van der Waals surface area contributed by atoms with Gasteiger partial charge >= 0.3 is 0 Å². The molecule has 0 radical (unpaired) electrons. The quantitative estimate of drug-likeness (QED) is 0.465. The summed E-state index contributed by atoms with van der Waals surface area (Å²) in [6, 6.07) is 0. The zero-order chi connectivity index (χ0) is 8.53. The summed E-state index contributed by atoms with van der Waals surface area (Å²) in [6.45, 7) is 9.98. The standard InChI is InChI=1S/C10H21N.2W/c1-4-7-10-11(8-5-2)9-6-3;;/h5-6H,4,7-10H2,1-3H3;;/q-2;;. The van der Waals surface area contributed by atoms with Crippen LogP contribution in [0.5, 0.6) is 0 Å². The van der Waals surface area contributed by atoms with E-state index in [1.54, 1.807) is 0 Å². The van der Waals surface area contributed by atoms with E-state index in [1.807, 2.05) is 0 Å². The number of hydrogen-bond donors (Lipinski definition) is 0. The Morgan fingerprint density at radius 1 is 1.00 bits per heavy atom. The van der Waals surface area contributed by atoms with Gasteiger partial charge in [-0.05, 0) is 13.0 Å². The van der Waals surface area contributed by atoms with Gasteiger partial charge in [-0.3, -0.25) is 0 Å². The molecule has 0 spiro atoms. The van der Waals surface area contributed by atoms with E-state index < -0.39 is 0 Å². The molecule has 13 heavy (non-hydrogen) atoms. The van der Waals surface area contributed by atoms with Crippen LogP contribution in [0.2, 0.25) is 0 Å². The third-order valence-corrected chi connectivity index (χ3v) is 1.71. The van der Waals surface area contributed by atoms with Gasteiger partial charge in [-0.2, -0.15) is 13.8 Å². The molecular formula is C10H21NW2-2. The van der Waals surface area contributed by atoms with E-state index in [2.05, 4.69) is 38.5 Å². The molecule has 0 aromatic carbocycles. The predicted octanol–water partition coefficient (Wildman–Crippen LogP) is 2.53. The summed E-state index contributed by atoms with van der Waals surface area (Å²) >= 11 is 0. The number of unbranched alkanes of at least 4 members (excludes halogenated alkanes) is 1. The average molecular weight is 523 g/mol. The second-order valence-corrected chi connectivity index (χ2v) is 2.93. The first kappa shape index (κ1) is 19.8. The Hall–Kier alpha value is 1.34. The molecule has 0 aliphatic rings. The van der Waals surface area contributed by atoms with Crippen molar-refractivity contribution >= 4 is 0 Å². The van der Waals surface area contributed by atoms with Crippen molar-refractivity contribution in [3.05, 3.63) is 12.8 Å². The van der Waals surface area contributed by atoms with Crippen LogP contribution in [-0.4, -0.2) is 24.5 Å². The van der Waals surface area contributed by atoms with Gasteiger partial charge < -0.3 is 17.7 Å². The molecule has 0 aliphatic carbocycles. The topological polar surface area (TPSA) is 3.24 Å². The molecule has 0 saturated carbocycles. The average Bonchev–Trinajstić information content (AvgIpc) is 2.01. The maximum absolute atomic E-state index is 2.46. The molecule has 0 saturated heterocycles. The van der Waals surface area contributed by atoms with Crippen LogP contribution >= 0.6 is 0 Å². The Morgan fingerprint density at radius 3 is 1.77 bits per heavy atom. The zero-order valence-corrected chi connectivity index (χ0v) is 14.8. The SMILES string of the molecule is C[CH-]CN(C[CH-]C)CCCC.[W].[W]. The molecule has 80 valence electrons. The third-order valence-electron chi connectivity index (χ3n) is 1.71. The van der Waals surface area contributed by atoms with Crippen LogP contribution in [0, 0.1) is 12.8 Å². The molecule has 0 heterocycles. The summed E-state index contributed by atoms with van der Waals surface area (Å²) in [5.41, 5.74) is 0. The van der Waals surface area contributed by atoms with Crippen LogP contribution in [0.3, 0.4) is 0 Å². The smallest absolute Gasteiger partial charge is 0 e. The van der Waals surface area contributed by atoms with Crippen LogP contribution < -0.4 is 0 Å². The maximum Gasteiger partial charge on any atom is 0 e. The molecule has 0 atom stereocenters. The summed E-state index contributed by atoms with van der Waals surface area (Å²) in [4.78, 5) is 2.46. The van der Waals surface area contributed by atoms with Gasteiger partial charge in [0.1, 0.15) is 0 Å². The predicted molar refractivity (Wildman–Crippen MR) is 51.3 cm³/mol. The summed E-state index contributed by atoms with van der Waals surface area (Å²) < 4.78 is 0. The van der Waals surface area contributed by atoms with Crippen LogP contribution in [0.1, 0.15) is 33.6 Å². The molecule has 0 aromatic heterocycles. The van der Waals surface area contributed by atoms with Gasteiger partial charge in [0.25, 0.3) is 0 Å². The molecule has 0 N–H and O–H groups in total. The second kappa shape index (κ2) is 15.8. The first-order valence-electron chi connectivity index (χ1n) is 4.63. The first-order chi connectivity index (χ1) is 5.35. The number of hydrogen-bond acceptors (Lipinski definition) is 1. The summed E-state index contributed by atoms with van der Waals surface area (Å²) in [5.74, 6) is 0. The molecule has 1 nitrogen and oxygen atoms in total. The first-order valence-corrected chi connectivity index (χ1v) is 4.63. The summed E-state index contributed by atoms with van der Waals surface area (Å²) in [5, 5.41) is 0. The third kappa shape index (κ3) is 13.3. The Bertz CT molecular complexity index is 73.3. The molecule has 0 bridgehead atoms. The minimum atomic E-state index is 0. The van der Waals surface area contributed by atoms with Gasteiger partial charge in [-0.25, -0.2) is 0 Å². The molecule has 3 heteroatoms. The molecule has 0 unspecified atom stereocenters. The number of rotatable bonds is 7. The fourth-order valence-electron chi connectivity index (χ4n) is 1.16. The van der Waals surface area contributed by atoms with Crippen molar-refractivity contribution in [2.45, 2.75) is 33.6 Å². The van der Waals surface area contributed by atoms with E-state index in [1.165, 1.54) is 19.4 Å². The van der Waals surface area contributed by atoms with E-state index in [9.17, 15) is 0 Å². The van der Waals surface area contributed by atoms with Gasteiger partial charge in [0.05, 0.1) is 0 Å². The molecule has 0 amide bonds. The number of nitrogens with zero attached hydrogens (tertiary/aromatic N) is 1. The zero-order valence-electron chi connectivity index (χ0n) is 8.95. The van der Waals surface area contributed by atoms with Crippen molar-refractivity contribution in [1.29, 1.82) is 0 Å². The fourth-order valence-corrected chi connectivity index (χ4v) is 1.16. The maximum atomic E-state index is 2.46. The van der Waals surface area contributed by atoms with Crippen molar-refractivity contribution in [1.82, 2.24) is 4.90 Å². The van der Waals surface area contributed by atoms with E-state index >= 15 is 0 Å². The molecule has 0 aliphatic heterocycles. The molecule has 0 fully saturated rings. The fraction of sp³-hybridized carbons (Fsp3) is 0.800. The summed E-state index contributed by atoms with van der Waals surface area (Å²) in [6.07, 6.45) is 7.06. The molecular weight excluding hydrogens is 502 g/mol. The van der Waals surface area contributed by atoms with E-state index in [-0.39, 0.29) is 42.1 Å². The van der Waals surface area contributed by atoms with Crippen molar-refractivity contribution in [2.24, 2.45) is 0 Å². The van der Waals surface area contributed by atoms with Crippen molar-refractivity contribution < 1.29 is 42.1 Å². The minimum absolute atomic E-state index is 0. The Kier molecular flexibility index (Phi) is 24.1. The Morgan fingerprint density at radius 2 is 1.46 bits per heavy atom. The van der Waals surface area contributed by atoms with Crippen molar-refractivity contribution in [3.63, 3.8) is 0 Å². The van der Waals surface area contributed by atoms with Crippen LogP contribution in [-0.2, 0) is 42.1 Å². The normalized spacial score (nSPS) is 9.23. The van der Waals surface area contributed by atoms with Gasteiger partial charge in [-0.1, -0.05) is 13.3 Å². The van der Waals surface area contributed by atoms with E-state index in [0.717, 1.165) is 13.1 Å². The van der Waals surface area contributed by atoms with E-state index in [4.69, 9.17) is 0 Å². The van der Waals surface area contributed by atoms with Gasteiger partial charge in [0.2, 0.25) is 0 Å². The van der Waals surface area contributed by atoms with Crippen LogP contribution in [0.4, 0.5) is 0 Å². The largest absolute Gasteiger partial charge is 0.362 e. The van der Waals surface area contributed by atoms with Gasteiger partial charge in [-0.15, -0.1) is 13.1 Å². The molecule has 0 aromatic rings. The van der Waals surface area contributed by atoms with Gasteiger partial charge in [0, 0.05) is 42.1 Å². The summed E-state index contributed by atoms with van der Waals surface area (Å²) in [7, 11) is 0. The van der Waals surface area contributed by atoms with Gasteiger partial charge in [0.15, 0.2) is 0 Å². The second-order valence-electron chi connectivity index (χ2n) is 2.93.